The van der Waals surface area contributed by atoms with Gasteiger partial charge in [-0.2, -0.15) is 0 Å². The number of piperazine rings is 1. The molecule has 0 radical (unpaired) electrons. The fourth-order valence-electron chi connectivity index (χ4n) is 6.75. The first-order valence-corrected chi connectivity index (χ1v) is 18.8. The van der Waals surface area contributed by atoms with Gasteiger partial charge in [0, 0.05) is 63.1 Å². The second-order valence-electron chi connectivity index (χ2n) is 13.1. The van der Waals surface area contributed by atoms with Crippen molar-refractivity contribution >= 4 is 16.0 Å². The summed E-state index contributed by atoms with van der Waals surface area (Å²) in [4.78, 5) is 13.8. The van der Waals surface area contributed by atoms with Crippen molar-refractivity contribution in [3.8, 4) is 11.1 Å². The smallest absolute Gasteiger partial charge is 0.240 e. The van der Waals surface area contributed by atoms with E-state index in [4.69, 9.17) is 9.47 Å². The van der Waals surface area contributed by atoms with E-state index in [2.05, 4.69) is 37.5 Å². The minimum Gasteiger partial charge on any atom is -0.392 e. The first kappa shape index (κ1) is 34.9. The van der Waals surface area contributed by atoms with E-state index >= 15 is 0 Å². The third kappa shape index (κ3) is 8.36. The molecule has 2 fully saturated rings. The molecule has 51 heavy (non-hydrogen) atoms. The predicted octanol–water partition coefficient (Wildman–Crippen LogP) is 5.73. The van der Waals surface area contributed by atoms with Gasteiger partial charge in [-0.25, -0.2) is 23.1 Å². The number of aliphatic hydroxyl groups is 1. The fourth-order valence-corrected chi connectivity index (χ4v) is 7.79. The lowest BCUT2D eigenvalue weighted by Crippen LogP contribution is -2.51. The first-order chi connectivity index (χ1) is 24.9. The van der Waals surface area contributed by atoms with Crippen LogP contribution in [0.3, 0.4) is 0 Å². The molecule has 4 atom stereocenters. The molecule has 0 bridgehead atoms. The maximum Gasteiger partial charge on any atom is 0.240 e. The maximum atomic E-state index is 12.8. The highest BCUT2D eigenvalue weighted by Crippen LogP contribution is 2.42. The van der Waals surface area contributed by atoms with Crippen LogP contribution in [-0.2, 0) is 32.6 Å². The number of benzene rings is 4. The summed E-state index contributed by atoms with van der Waals surface area (Å²) in [5.74, 6) is 0.828. The predicted molar refractivity (Wildman–Crippen MR) is 196 cm³/mol. The Balaban J connectivity index is 1.09. The van der Waals surface area contributed by atoms with Gasteiger partial charge < -0.3 is 19.5 Å². The number of sulfonamides is 1. The van der Waals surface area contributed by atoms with E-state index in [1.807, 2.05) is 72.8 Å². The minimum atomic E-state index is -3.63. The van der Waals surface area contributed by atoms with Crippen LogP contribution in [0.25, 0.3) is 11.1 Å². The SMILES string of the molecule is CC1C(CN2CCN(c3ncccn3)CC2)OC(c2cccc(-c3cccc(CNS(=O)(=O)c4ccccc4)c3)c2)OC1c1ccc(CO)cc1. The molecule has 1 aromatic heterocycles. The lowest BCUT2D eigenvalue weighted by molar-refractivity contribution is -0.276. The summed E-state index contributed by atoms with van der Waals surface area (Å²) in [6, 6.07) is 34.2. The van der Waals surface area contributed by atoms with E-state index in [9.17, 15) is 13.5 Å². The van der Waals surface area contributed by atoms with Gasteiger partial charge >= 0.3 is 0 Å². The second-order valence-corrected chi connectivity index (χ2v) is 14.9. The van der Waals surface area contributed by atoms with Gasteiger partial charge in [0.1, 0.15) is 0 Å². The number of nitrogens with zero attached hydrogens (tertiary/aromatic N) is 4. The zero-order valence-corrected chi connectivity index (χ0v) is 29.4. The zero-order valence-electron chi connectivity index (χ0n) is 28.6. The Morgan fingerprint density at radius 3 is 2.20 bits per heavy atom. The van der Waals surface area contributed by atoms with Crippen LogP contribution < -0.4 is 9.62 Å². The van der Waals surface area contributed by atoms with Crippen LogP contribution in [0.4, 0.5) is 5.95 Å². The van der Waals surface area contributed by atoms with Crippen molar-refractivity contribution in [2.45, 2.75) is 43.5 Å². The molecule has 7 rings (SSSR count). The van der Waals surface area contributed by atoms with Gasteiger partial charge in [-0.3, -0.25) is 4.90 Å². The van der Waals surface area contributed by atoms with Gasteiger partial charge in [-0.1, -0.05) is 85.8 Å². The minimum absolute atomic E-state index is 0.0113. The molecule has 5 aromatic rings. The molecular formula is C40H43N5O5S. The van der Waals surface area contributed by atoms with Crippen molar-refractivity contribution in [1.29, 1.82) is 0 Å². The molecule has 0 spiro atoms. The molecule has 2 aliphatic rings. The lowest BCUT2D eigenvalue weighted by Gasteiger charge is -2.44. The highest BCUT2D eigenvalue weighted by atomic mass is 32.2. The van der Waals surface area contributed by atoms with Gasteiger partial charge in [0.2, 0.25) is 16.0 Å². The van der Waals surface area contributed by atoms with Crippen molar-refractivity contribution < 1.29 is 23.0 Å². The summed E-state index contributed by atoms with van der Waals surface area (Å²) in [7, 11) is -3.63. The number of anilines is 1. The summed E-state index contributed by atoms with van der Waals surface area (Å²) in [5.41, 5.74) is 5.60. The normalized spacial score (nSPS) is 21.4. The van der Waals surface area contributed by atoms with Crippen LogP contribution in [0, 0.1) is 5.92 Å². The molecule has 0 saturated carbocycles. The molecule has 2 N–H and O–H groups in total. The number of rotatable bonds is 11. The number of hydrogen-bond acceptors (Lipinski definition) is 9. The molecule has 4 unspecified atom stereocenters. The van der Waals surface area contributed by atoms with Gasteiger partial charge in [-0.15, -0.1) is 0 Å². The summed E-state index contributed by atoms with van der Waals surface area (Å²) >= 11 is 0. The monoisotopic (exact) mass is 705 g/mol. The van der Waals surface area contributed by atoms with Crippen molar-refractivity contribution in [3.05, 3.63) is 144 Å². The molecule has 10 nitrogen and oxygen atoms in total. The third-order valence-electron chi connectivity index (χ3n) is 9.71. The number of hydrogen-bond donors (Lipinski definition) is 2. The topological polar surface area (TPSA) is 117 Å². The maximum absolute atomic E-state index is 12.8. The Labute approximate surface area is 299 Å². The van der Waals surface area contributed by atoms with E-state index in [0.717, 1.165) is 72.1 Å². The quantitative estimate of drug-likeness (QED) is 0.178. The molecule has 3 heterocycles. The van der Waals surface area contributed by atoms with Crippen molar-refractivity contribution in [1.82, 2.24) is 19.6 Å². The highest BCUT2D eigenvalue weighted by molar-refractivity contribution is 7.89. The average Bonchev–Trinajstić information content (AvgIpc) is 3.19. The Bertz CT molecular complexity index is 1990. The van der Waals surface area contributed by atoms with Crippen molar-refractivity contribution in [3.63, 3.8) is 0 Å². The Morgan fingerprint density at radius 1 is 0.765 bits per heavy atom. The zero-order chi connectivity index (χ0) is 35.2. The van der Waals surface area contributed by atoms with Crippen molar-refractivity contribution in [2.24, 2.45) is 5.92 Å². The number of ether oxygens (including phenoxy) is 2. The molecule has 264 valence electrons. The summed E-state index contributed by atoms with van der Waals surface area (Å²) in [6.07, 6.45) is 2.64. The lowest BCUT2D eigenvalue weighted by atomic mass is 9.89. The Morgan fingerprint density at radius 2 is 1.47 bits per heavy atom. The van der Waals surface area contributed by atoms with Crippen LogP contribution >= 0.6 is 0 Å². The van der Waals surface area contributed by atoms with Gasteiger partial charge in [0.05, 0.1) is 23.7 Å². The van der Waals surface area contributed by atoms with Gasteiger partial charge in [0.25, 0.3) is 0 Å². The molecule has 0 amide bonds. The standard InChI is InChI=1S/C40H43N5O5S/c1-29-37(27-44-20-22-45(23-21-44)40-41-18-7-19-42-40)49-39(50-38(29)32-16-14-30(28-46)15-17-32)35-11-6-10-34(25-35)33-9-5-8-31(24-33)26-43-51(47,48)36-12-3-2-4-13-36/h2-19,24-25,29,37-39,43,46H,20-23,26-28H2,1H3. The number of aliphatic hydroxyl groups excluding tert-OH is 1. The van der Waals surface area contributed by atoms with E-state index < -0.39 is 16.3 Å². The van der Waals surface area contributed by atoms with Gasteiger partial charge in [-0.05, 0) is 58.1 Å². The van der Waals surface area contributed by atoms with E-state index in [1.165, 1.54) is 0 Å². The Kier molecular flexibility index (Phi) is 10.8. The second kappa shape index (κ2) is 15.8. The van der Waals surface area contributed by atoms with Crippen LogP contribution in [0.15, 0.2) is 126 Å². The molecule has 11 heteroatoms. The summed E-state index contributed by atoms with van der Waals surface area (Å²) in [5, 5.41) is 9.65. The van der Waals surface area contributed by atoms with Crippen molar-refractivity contribution in [2.75, 3.05) is 37.6 Å². The number of aromatic nitrogens is 2. The molecule has 2 aliphatic heterocycles. The summed E-state index contributed by atoms with van der Waals surface area (Å²) < 4.78 is 42.0. The average molecular weight is 706 g/mol. The van der Waals surface area contributed by atoms with E-state index in [1.54, 1.807) is 42.7 Å². The fraction of sp³-hybridized carbons (Fsp3) is 0.300. The first-order valence-electron chi connectivity index (χ1n) is 17.4. The molecule has 4 aromatic carbocycles. The van der Waals surface area contributed by atoms with Crippen LogP contribution in [0.5, 0.6) is 0 Å². The molecule has 0 aliphatic carbocycles. The highest BCUT2D eigenvalue weighted by Gasteiger charge is 2.39. The van der Waals surface area contributed by atoms with Crippen LogP contribution in [0.2, 0.25) is 0 Å². The third-order valence-corrected chi connectivity index (χ3v) is 11.1. The largest absolute Gasteiger partial charge is 0.392 e. The van der Waals surface area contributed by atoms with Crippen LogP contribution in [0.1, 0.15) is 41.6 Å². The van der Waals surface area contributed by atoms with E-state index in [-0.39, 0.29) is 36.2 Å². The molecule has 2 saturated heterocycles. The summed E-state index contributed by atoms with van der Waals surface area (Å²) in [6.45, 7) is 6.53. The molecular weight excluding hydrogens is 663 g/mol. The number of nitrogens with one attached hydrogen (secondary N) is 1. The van der Waals surface area contributed by atoms with E-state index in [0.29, 0.717) is 0 Å². The Hall–Kier alpha value is -4.49. The van der Waals surface area contributed by atoms with Crippen LogP contribution in [-0.4, -0.2) is 67.2 Å². The van der Waals surface area contributed by atoms with Gasteiger partial charge in [0.15, 0.2) is 6.29 Å².